The van der Waals surface area contributed by atoms with E-state index in [0.717, 1.165) is 21.5 Å². The molecule has 4 heteroatoms. The molecule has 1 aromatic carbocycles. The first-order valence-corrected chi connectivity index (χ1v) is 5.87. The van der Waals surface area contributed by atoms with Crippen molar-refractivity contribution < 1.29 is 0 Å². The number of nitrogens with zero attached hydrogens (tertiary/aromatic N) is 2. The summed E-state index contributed by atoms with van der Waals surface area (Å²) >= 11 is 3.46. The van der Waals surface area contributed by atoms with Gasteiger partial charge in [-0.1, -0.05) is 0 Å². The van der Waals surface area contributed by atoms with Crippen LogP contribution < -0.4 is 5.32 Å². The maximum absolute atomic E-state index is 8.70. The van der Waals surface area contributed by atoms with Crippen LogP contribution in [0.4, 0.5) is 11.5 Å². The van der Waals surface area contributed by atoms with Crippen LogP contribution in [-0.4, -0.2) is 4.98 Å². The number of nitrogens with one attached hydrogen (secondary N) is 1. The van der Waals surface area contributed by atoms with Gasteiger partial charge in [0.1, 0.15) is 5.82 Å². The van der Waals surface area contributed by atoms with Crippen LogP contribution in [0.1, 0.15) is 11.1 Å². The first kappa shape index (κ1) is 11.6. The summed E-state index contributed by atoms with van der Waals surface area (Å²) in [7, 11) is 0. The lowest BCUT2D eigenvalue weighted by molar-refractivity contribution is 1.24. The van der Waals surface area contributed by atoms with E-state index in [1.165, 1.54) is 0 Å². The van der Waals surface area contributed by atoms with Gasteiger partial charge in [0, 0.05) is 11.9 Å². The van der Waals surface area contributed by atoms with E-state index in [0.29, 0.717) is 5.56 Å². The molecular formula is C13H10BrN3. The summed E-state index contributed by atoms with van der Waals surface area (Å²) < 4.78 is 0.918. The van der Waals surface area contributed by atoms with Crippen LogP contribution in [0.3, 0.4) is 0 Å². The maximum Gasteiger partial charge on any atom is 0.144 e. The number of benzene rings is 1. The fraction of sp³-hybridized carbons (Fsp3) is 0.0769. The van der Waals surface area contributed by atoms with Crippen molar-refractivity contribution in [2.75, 3.05) is 5.32 Å². The van der Waals surface area contributed by atoms with Crippen LogP contribution in [0.25, 0.3) is 0 Å². The Bertz CT molecular complexity index is 570. The number of aromatic nitrogens is 1. The predicted molar refractivity (Wildman–Crippen MR) is 71.1 cm³/mol. The van der Waals surface area contributed by atoms with Crippen molar-refractivity contribution in [3.05, 3.63) is 52.1 Å². The number of anilines is 2. The second-order valence-corrected chi connectivity index (χ2v) is 4.51. The molecule has 1 heterocycles. The molecule has 0 spiro atoms. The molecule has 1 aromatic heterocycles. The topological polar surface area (TPSA) is 48.7 Å². The zero-order valence-corrected chi connectivity index (χ0v) is 10.8. The quantitative estimate of drug-likeness (QED) is 0.915. The van der Waals surface area contributed by atoms with Crippen LogP contribution in [0.5, 0.6) is 0 Å². The van der Waals surface area contributed by atoms with Crippen molar-refractivity contribution in [1.29, 1.82) is 5.26 Å². The molecule has 0 fully saturated rings. The zero-order chi connectivity index (χ0) is 12.3. The van der Waals surface area contributed by atoms with Gasteiger partial charge < -0.3 is 5.32 Å². The number of pyridine rings is 1. The van der Waals surface area contributed by atoms with Gasteiger partial charge in [0.15, 0.2) is 0 Å². The van der Waals surface area contributed by atoms with Crippen molar-refractivity contribution in [1.82, 2.24) is 4.98 Å². The average molecular weight is 288 g/mol. The van der Waals surface area contributed by atoms with Crippen LogP contribution in [0.15, 0.2) is 41.0 Å². The van der Waals surface area contributed by atoms with Crippen LogP contribution in [-0.2, 0) is 0 Å². The molecule has 0 radical (unpaired) electrons. The van der Waals surface area contributed by atoms with E-state index >= 15 is 0 Å². The van der Waals surface area contributed by atoms with Gasteiger partial charge in [-0.2, -0.15) is 5.26 Å². The molecule has 84 valence electrons. The Labute approximate surface area is 108 Å². The summed E-state index contributed by atoms with van der Waals surface area (Å²) in [5.41, 5.74) is 2.65. The third-order valence-electron chi connectivity index (χ3n) is 2.25. The summed E-state index contributed by atoms with van der Waals surface area (Å²) in [5.74, 6) is 0.764. The highest BCUT2D eigenvalue weighted by Crippen LogP contribution is 2.24. The molecule has 0 atom stereocenters. The summed E-state index contributed by atoms with van der Waals surface area (Å²) in [5, 5.41) is 11.9. The van der Waals surface area contributed by atoms with Crippen molar-refractivity contribution in [2.45, 2.75) is 6.92 Å². The summed E-state index contributed by atoms with van der Waals surface area (Å²) in [6.07, 6.45) is 1.80. The van der Waals surface area contributed by atoms with Gasteiger partial charge in [-0.3, -0.25) is 0 Å². The van der Waals surface area contributed by atoms with Crippen molar-refractivity contribution in [2.24, 2.45) is 0 Å². The second-order valence-electron chi connectivity index (χ2n) is 3.66. The smallest absolute Gasteiger partial charge is 0.144 e. The van der Waals surface area contributed by atoms with E-state index in [1.54, 1.807) is 18.3 Å². The molecular weight excluding hydrogens is 278 g/mol. The molecule has 0 aliphatic heterocycles. The van der Waals surface area contributed by atoms with Gasteiger partial charge in [-0.15, -0.1) is 0 Å². The second kappa shape index (κ2) is 4.98. The van der Waals surface area contributed by atoms with Gasteiger partial charge in [0.05, 0.1) is 16.1 Å². The number of hydrogen-bond acceptors (Lipinski definition) is 3. The van der Waals surface area contributed by atoms with Crippen LogP contribution >= 0.6 is 15.9 Å². The Morgan fingerprint density at radius 2 is 2.00 bits per heavy atom. The number of aryl methyl sites for hydroxylation is 1. The molecule has 0 aliphatic carbocycles. The monoisotopic (exact) mass is 287 g/mol. The van der Waals surface area contributed by atoms with E-state index in [-0.39, 0.29) is 0 Å². The lowest BCUT2D eigenvalue weighted by atomic mass is 10.2. The number of hydrogen-bond donors (Lipinski definition) is 1. The Morgan fingerprint density at radius 1 is 1.29 bits per heavy atom. The summed E-state index contributed by atoms with van der Waals surface area (Å²) in [6, 6.07) is 11.3. The number of halogens is 1. The fourth-order valence-corrected chi connectivity index (χ4v) is 1.95. The molecule has 2 aromatic rings. The Kier molecular flexibility index (Phi) is 3.40. The predicted octanol–water partition coefficient (Wildman–Crippen LogP) is 3.77. The first-order chi connectivity index (χ1) is 8.19. The van der Waals surface area contributed by atoms with E-state index in [4.69, 9.17) is 5.26 Å². The van der Waals surface area contributed by atoms with Crippen molar-refractivity contribution >= 4 is 27.4 Å². The lowest BCUT2D eigenvalue weighted by Crippen LogP contribution is -1.95. The van der Waals surface area contributed by atoms with Gasteiger partial charge in [0.2, 0.25) is 0 Å². The fourth-order valence-electron chi connectivity index (χ4n) is 1.39. The van der Waals surface area contributed by atoms with E-state index in [9.17, 15) is 0 Å². The largest absolute Gasteiger partial charge is 0.339 e. The SMILES string of the molecule is Cc1cnc(Nc2ccc(C#N)cc2)c(Br)c1. The highest BCUT2D eigenvalue weighted by atomic mass is 79.9. The average Bonchev–Trinajstić information content (AvgIpc) is 2.34. The molecule has 0 amide bonds. The van der Waals surface area contributed by atoms with Gasteiger partial charge >= 0.3 is 0 Å². The van der Waals surface area contributed by atoms with Crippen molar-refractivity contribution in [3.63, 3.8) is 0 Å². The minimum absolute atomic E-state index is 0.645. The maximum atomic E-state index is 8.70. The minimum Gasteiger partial charge on any atom is -0.339 e. The molecule has 17 heavy (non-hydrogen) atoms. The Hall–Kier alpha value is -1.86. The molecule has 3 nitrogen and oxygen atoms in total. The standard InChI is InChI=1S/C13H10BrN3/c1-9-6-12(14)13(16-8-9)17-11-4-2-10(7-15)3-5-11/h2-6,8H,1H3,(H,16,17). The first-order valence-electron chi connectivity index (χ1n) is 5.08. The van der Waals surface area contributed by atoms with Gasteiger partial charge in [-0.25, -0.2) is 4.98 Å². The van der Waals surface area contributed by atoms with E-state index in [2.05, 4.69) is 32.3 Å². The van der Waals surface area contributed by atoms with Crippen molar-refractivity contribution in [3.8, 4) is 6.07 Å². The molecule has 0 bridgehead atoms. The van der Waals surface area contributed by atoms with Gasteiger partial charge in [0.25, 0.3) is 0 Å². The highest BCUT2D eigenvalue weighted by Gasteiger charge is 2.02. The Morgan fingerprint density at radius 3 is 2.59 bits per heavy atom. The third-order valence-corrected chi connectivity index (χ3v) is 2.86. The molecule has 0 saturated heterocycles. The summed E-state index contributed by atoms with van der Waals surface area (Å²) in [4.78, 5) is 4.29. The van der Waals surface area contributed by atoms with Gasteiger partial charge in [-0.05, 0) is 58.7 Å². The number of rotatable bonds is 2. The highest BCUT2D eigenvalue weighted by molar-refractivity contribution is 9.10. The minimum atomic E-state index is 0.645. The normalized spacial score (nSPS) is 9.71. The Balaban J connectivity index is 2.23. The molecule has 0 unspecified atom stereocenters. The molecule has 0 aliphatic rings. The van der Waals surface area contributed by atoms with Crippen LogP contribution in [0, 0.1) is 18.3 Å². The van der Waals surface area contributed by atoms with E-state index < -0.39 is 0 Å². The summed E-state index contributed by atoms with van der Waals surface area (Å²) in [6.45, 7) is 1.99. The number of nitriles is 1. The zero-order valence-electron chi connectivity index (χ0n) is 9.24. The van der Waals surface area contributed by atoms with E-state index in [1.807, 2.05) is 25.1 Å². The third kappa shape index (κ3) is 2.83. The molecule has 0 saturated carbocycles. The van der Waals surface area contributed by atoms with Crippen LogP contribution in [0.2, 0.25) is 0 Å². The molecule has 2 rings (SSSR count). The molecule has 1 N–H and O–H groups in total. The lowest BCUT2D eigenvalue weighted by Gasteiger charge is -2.07.